The molecule has 0 unspecified atom stereocenters. The summed E-state index contributed by atoms with van der Waals surface area (Å²) in [5, 5.41) is 6.57. The van der Waals surface area contributed by atoms with E-state index in [0.29, 0.717) is 6.54 Å². The van der Waals surface area contributed by atoms with Gasteiger partial charge in [-0.25, -0.2) is 4.39 Å². The zero-order chi connectivity index (χ0) is 15.9. The lowest BCUT2D eigenvalue weighted by atomic mass is 9.93. The highest BCUT2D eigenvalue weighted by atomic mass is 127. The molecule has 2 N–H and O–H groups in total. The molecule has 6 heteroatoms. The van der Waals surface area contributed by atoms with Gasteiger partial charge in [0.1, 0.15) is 5.82 Å². The molecule has 0 aliphatic carbocycles. The van der Waals surface area contributed by atoms with Crippen LogP contribution < -0.4 is 10.6 Å². The summed E-state index contributed by atoms with van der Waals surface area (Å²) in [5.41, 5.74) is 1.17. The molecule has 126 valence electrons. The van der Waals surface area contributed by atoms with Crippen LogP contribution >= 0.6 is 24.0 Å². The Labute approximate surface area is 150 Å². The summed E-state index contributed by atoms with van der Waals surface area (Å²) in [6.07, 6.45) is 0. The lowest BCUT2D eigenvalue weighted by Crippen LogP contribution is -2.44. The Morgan fingerprint density at radius 3 is 2.27 bits per heavy atom. The van der Waals surface area contributed by atoms with Crippen LogP contribution in [0.4, 0.5) is 4.39 Å². The van der Waals surface area contributed by atoms with E-state index in [9.17, 15) is 4.39 Å². The fourth-order valence-corrected chi connectivity index (χ4v) is 2.24. The summed E-state index contributed by atoms with van der Waals surface area (Å²) in [6, 6.07) is 6.47. The maximum absolute atomic E-state index is 12.8. The Balaban J connectivity index is 0.00000441. The van der Waals surface area contributed by atoms with Gasteiger partial charge in [0.05, 0.1) is 0 Å². The predicted molar refractivity (Wildman–Crippen MR) is 102 cm³/mol. The number of aliphatic imine (C=N–C) groups is 1. The molecule has 0 spiro atoms. The molecule has 0 aliphatic rings. The molecule has 0 aliphatic heterocycles. The third-order valence-electron chi connectivity index (χ3n) is 3.08. The summed E-state index contributed by atoms with van der Waals surface area (Å²) in [6.45, 7) is 6.87. The molecular weight excluding hydrogens is 394 g/mol. The van der Waals surface area contributed by atoms with Crippen molar-refractivity contribution in [1.82, 2.24) is 15.5 Å². The maximum Gasteiger partial charge on any atom is 0.191 e. The van der Waals surface area contributed by atoms with E-state index in [0.717, 1.165) is 24.6 Å². The Kier molecular flexibility index (Phi) is 9.59. The fraction of sp³-hybridized carbons (Fsp3) is 0.562. The minimum absolute atomic E-state index is 0. The zero-order valence-corrected chi connectivity index (χ0v) is 16.4. The average Bonchev–Trinajstić information content (AvgIpc) is 2.39. The number of guanidine groups is 1. The van der Waals surface area contributed by atoms with E-state index in [2.05, 4.69) is 48.5 Å². The van der Waals surface area contributed by atoms with Crippen molar-refractivity contribution in [2.75, 3.05) is 34.2 Å². The number of rotatable bonds is 6. The molecule has 1 rings (SSSR count). The Hall–Kier alpha value is -0.890. The number of nitrogens with one attached hydrogen (secondary N) is 2. The van der Waals surface area contributed by atoms with E-state index in [-0.39, 0.29) is 35.2 Å². The molecule has 0 bridgehead atoms. The van der Waals surface area contributed by atoms with Gasteiger partial charge in [-0.2, -0.15) is 0 Å². The maximum atomic E-state index is 12.8. The van der Waals surface area contributed by atoms with Crippen LogP contribution in [-0.2, 0) is 6.54 Å². The molecule has 4 nitrogen and oxygen atoms in total. The fourth-order valence-electron chi connectivity index (χ4n) is 2.24. The van der Waals surface area contributed by atoms with Crippen molar-refractivity contribution in [3.05, 3.63) is 35.6 Å². The molecule has 0 fully saturated rings. The van der Waals surface area contributed by atoms with Gasteiger partial charge >= 0.3 is 0 Å². The Bertz CT molecular complexity index is 458. The van der Waals surface area contributed by atoms with Crippen molar-refractivity contribution in [2.45, 2.75) is 20.4 Å². The van der Waals surface area contributed by atoms with E-state index in [1.807, 2.05) is 0 Å². The van der Waals surface area contributed by atoms with Gasteiger partial charge in [-0.1, -0.05) is 26.0 Å². The average molecular weight is 422 g/mol. The molecule has 1 aromatic rings. The van der Waals surface area contributed by atoms with Crippen molar-refractivity contribution < 1.29 is 4.39 Å². The normalized spacial score (nSPS) is 12.0. The zero-order valence-electron chi connectivity index (χ0n) is 14.1. The predicted octanol–water partition coefficient (Wildman–Crippen LogP) is 2.70. The van der Waals surface area contributed by atoms with E-state index in [1.165, 1.54) is 12.1 Å². The summed E-state index contributed by atoms with van der Waals surface area (Å²) in [5.74, 6) is 0.540. The summed E-state index contributed by atoms with van der Waals surface area (Å²) < 4.78 is 12.8. The number of nitrogens with zero attached hydrogens (tertiary/aromatic N) is 2. The minimum atomic E-state index is -0.216. The van der Waals surface area contributed by atoms with Crippen LogP contribution in [0.15, 0.2) is 29.3 Å². The lowest BCUT2D eigenvalue weighted by Gasteiger charge is -2.29. The number of halogens is 2. The third-order valence-corrected chi connectivity index (χ3v) is 3.08. The highest BCUT2D eigenvalue weighted by Crippen LogP contribution is 2.13. The van der Waals surface area contributed by atoms with Crippen molar-refractivity contribution in [1.29, 1.82) is 0 Å². The first-order valence-electron chi connectivity index (χ1n) is 7.16. The SMILES string of the molecule is CN=C(NCc1ccc(F)cc1)NCC(C)(C)CN(C)C.I. The standard InChI is InChI=1S/C16H27FN4.HI/c1-16(2,12-21(4)5)11-20-15(18-3)19-10-13-6-8-14(17)9-7-13;/h6-9H,10-12H2,1-5H3,(H2,18,19,20);1H. The molecule has 0 aromatic heterocycles. The highest BCUT2D eigenvalue weighted by molar-refractivity contribution is 14.0. The number of benzene rings is 1. The molecule has 0 radical (unpaired) electrons. The number of hydrogen-bond donors (Lipinski definition) is 2. The van der Waals surface area contributed by atoms with Gasteiger partial charge in [0.2, 0.25) is 0 Å². The molecule has 0 atom stereocenters. The van der Waals surface area contributed by atoms with E-state index in [1.54, 1.807) is 19.2 Å². The summed E-state index contributed by atoms with van der Waals surface area (Å²) >= 11 is 0. The molecular formula is C16H28FIN4. The van der Waals surface area contributed by atoms with Gasteiger partial charge in [0, 0.05) is 26.7 Å². The van der Waals surface area contributed by atoms with Crippen LogP contribution in [0.1, 0.15) is 19.4 Å². The van der Waals surface area contributed by atoms with Crippen LogP contribution in [-0.4, -0.2) is 45.1 Å². The van der Waals surface area contributed by atoms with Crippen molar-refractivity contribution in [3.63, 3.8) is 0 Å². The van der Waals surface area contributed by atoms with Gasteiger partial charge in [-0.3, -0.25) is 4.99 Å². The monoisotopic (exact) mass is 422 g/mol. The Morgan fingerprint density at radius 2 is 1.77 bits per heavy atom. The smallest absolute Gasteiger partial charge is 0.191 e. The van der Waals surface area contributed by atoms with Gasteiger partial charge in [-0.15, -0.1) is 24.0 Å². The molecule has 1 aromatic carbocycles. The molecule has 0 heterocycles. The molecule has 0 saturated carbocycles. The quantitative estimate of drug-likeness (QED) is 0.421. The molecule has 22 heavy (non-hydrogen) atoms. The second kappa shape index (κ2) is 9.99. The number of hydrogen-bond acceptors (Lipinski definition) is 2. The first-order valence-corrected chi connectivity index (χ1v) is 7.16. The highest BCUT2D eigenvalue weighted by Gasteiger charge is 2.19. The van der Waals surface area contributed by atoms with Crippen LogP contribution in [0.2, 0.25) is 0 Å². The largest absolute Gasteiger partial charge is 0.356 e. The molecule has 0 saturated heterocycles. The minimum Gasteiger partial charge on any atom is -0.356 e. The second-order valence-corrected chi connectivity index (χ2v) is 6.31. The van der Waals surface area contributed by atoms with Crippen molar-refractivity contribution >= 4 is 29.9 Å². The van der Waals surface area contributed by atoms with Gasteiger partial charge in [0.25, 0.3) is 0 Å². The van der Waals surface area contributed by atoms with Crippen LogP contribution in [0.25, 0.3) is 0 Å². The Morgan fingerprint density at radius 1 is 1.18 bits per heavy atom. The van der Waals surface area contributed by atoms with Crippen molar-refractivity contribution in [2.24, 2.45) is 10.4 Å². The molecule has 0 amide bonds. The van der Waals surface area contributed by atoms with E-state index >= 15 is 0 Å². The van der Waals surface area contributed by atoms with Crippen LogP contribution in [0.3, 0.4) is 0 Å². The first-order chi connectivity index (χ1) is 9.82. The summed E-state index contributed by atoms with van der Waals surface area (Å²) in [7, 11) is 5.89. The van der Waals surface area contributed by atoms with Gasteiger partial charge < -0.3 is 15.5 Å². The third kappa shape index (κ3) is 8.53. The second-order valence-electron chi connectivity index (χ2n) is 6.31. The summed E-state index contributed by atoms with van der Waals surface area (Å²) in [4.78, 5) is 6.39. The topological polar surface area (TPSA) is 39.7 Å². The lowest BCUT2D eigenvalue weighted by molar-refractivity contribution is 0.241. The van der Waals surface area contributed by atoms with Gasteiger partial charge in [0.15, 0.2) is 5.96 Å². The van der Waals surface area contributed by atoms with Crippen molar-refractivity contribution in [3.8, 4) is 0 Å². The van der Waals surface area contributed by atoms with Crippen LogP contribution in [0.5, 0.6) is 0 Å². The first kappa shape index (κ1) is 21.1. The van der Waals surface area contributed by atoms with Gasteiger partial charge in [-0.05, 0) is 37.2 Å². The van der Waals surface area contributed by atoms with Crippen LogP contribution in [0, 0.1) is 11.2 Å². The van der Waals surface area contributed by atoms with E-state index < -0.39 is 0 Å². The van der Waals surface area contributed by atoms with E-state index in [4.69, 9.17) is 0 Å².